The van der Waals surface area contributed by atoms with Crippen molar-refractivity contribution in [1.29, 1.82) is 0 Å². The summed E-state index contributed by atoms with van der Waals surface area (Å²) >= 11 is 1.51. The first-order valence-electron chi connectivity index (χ1n) is 11.0. The van der Waals surface area contributed by atoms with Crippen LogP contribution in [0.2, 0.25) is 0 Å². The SMILES string of the molecule is Cc1nnc(SC(C)C(=O)N2CCC(Cc3ccccc3)CC2)n1Cc1ccccc1. The molecule has 3 aromatic rings. The van der Waals surface area contributed by atoms with Gasteiger partial charge in [0.25, 0.3) is 0 Å². The molecule has 0 radical (unpaired) electrons. The summed E-state index contributed by atoms with van der Waals surface area (Å²) in [5, 5.41) is 9.23. The Balaban J connectivity index is 1.32. The van der Waals surface area contributed by atoms with Crippen molar-refractivity contribution in [3.8, 4) is 0 Å². The second-order valence-corrected chi connectivity index (χ2v) is 9.63. The number of hydrogen-bond donors (Lipinski definition) is 0. The van der Waals surface area contributed by atoms with Crippen molar-refractivity contribution in [1.82, 2.24) is 19.7 Å². The molecule has 2 aromatic carbocycles. The van der Waals surface area contributed by atoms with Crippen molar-refractivity contribution in [3.05, 3.63) is 77.6 Å². The molecule has 1 aromatic heterocycles. The molecule has 31 heavy (non-hydrogen) atoms. The van der Waals surface area contributed by atoms with E-state index in [2.05, 4.69) is 57.2 Å². The number of nitrogens with zero attached hydrogens (tertiary/aromatic N) is 4. The average molecular weight is 435 g/mol. The summed E-state index contributed by atoms with van der Waals surface area (Å²) in [6.45, 7) is 6.35. The monoisotopic (exact) mass is 434 g/mol. The van der Waals surface area contributed by atoms with Crippen LogP contribution >= 0.6 is 11.8 Å². The molecule has 0 aliphatic carbocycles. The highest BCUT2D eigenvalue weighted by atomic mass is 32.2. The van der Waals surface area contributed by atoms with Gasteiger partial charge in [-0.2, -0.15) is 0 Å². The lowest BCUT2D eigenvalue weighted by Gasteiger charge is -2.33. The normalized spacial score (nSPS) is 15.7. The number of benzene rings is 2. The van der Waals surface area contributed by atoms with Crippen LogP contribution in [0.1, 0.15) is 36.7 Å². The first-order chi connectivity index (χ1) is 15.1. The zero-order chi connectivity index (χ0) is 21.6. The molecule has 1 amide bonds. The van der Waals surface area contributed by atoms with Crippen molar-refractivity contribution >= 4 is 17.7 Å². The van der Waals surface area contributed by atoms with Crippen LogP contribution in [0.3, 0.4) is 0 Å². The maximum absolute atomic E-state index is 13.1. The summed E-state index contributed by atoms with van der Waals surface area (Å²) in [5.74, 6) is 1.73. The quantitative estimate of drug-likeness (QED) is 0.510. The maximum atomic E-state index is 13.1. The predicted octanol–water partition coefficient (Wildman–Crippen LogP) is 4.60. The van der Waals surface area contributed by atoms with Gasteiger partial charge in [-0.05, 0) is 50.2 Å². The van der Waals surface area contributed by atoms with Crippen LogP contribution in [-0.2, 0) is 17.8 Å². The number of thioether (sulfide) groups is 1. The number of rotatable bonds is 7. The van der Waals surface area contributed by atoms with Crippen LogP contribution < -0.4 is 0 Å². The maximum Gasteiger partial charge on any atom is 0.235 e. The average Bonchev–Trinajstić information content (AvgIpc) is 3.14. The Kier molecular flexibility index (Phi) is 7.07. The summed E-state index contributed by atoms with van der Waals surface area (Å²) in [5.41, 5.74) is 2.59. The predicted molar refractivity (Wildman–Crippen MR) is 125 cm³/mol. The standard InChI is InChI=1S/C25H30N4OS/c1-19(31-25-27-26-20(2)29(25)18-23-11-7-4-8-12-23)24(30)28-15-13-22(14-16-28)17-21-9-5-3-6-10-21/h3-12,19,22H,13-18H2,1-2H3. The molecule has 1 unspecified atom stereocenters. The molecule has 0 bridgehead atoms. The third kappa shape index (κ3) is 5.56. The van der Waals surface area contributed by atoms with Gasteiger partial charge in [-0.15, -0.1) is 10.2 Å². The molecule has 1 fully saturated rings. The molecular weight excluding hydrogens is 404 g/mol. The number of aromatic nitrogens is 3. The molecule has 1 aliphatic heterocycles. The molecule has 0 N–H and O–H groups in total. The van der Waals surface area contributed by atoms with Crippen LogP contribution in [0, 0.1) is 12.8 Å². The number of amides is 1. The molecule has 4 rings (SSSR count). The van der Waals surface area contributed by atoms with Gasteiger partial charge < -0.3 is 9.47 Å². The van der Waals surface area contributed by atoms with Gasteiger partial charge in [0.15, 0.2) is 5.16 Å². The molecule has 0 spiro atoms. The van der Waals surface area contributed by atoms with E-state index in [1.165, 1.54) is 22.9 Å². The molecule has 2 heterocycles. The van der Waals surface area contributed by atoms with E-state index in [1.54, 1.807) is 0 Å². The van der Waals surface area contributed by atoms with Crippen molar-refractivity contribution in [2.24, 2.45) is 5.92 Å². The van der Waals surface area contributed by atoms with Gasteiger partial charge in [0, 0.05) is 13.1 Å². The number of hydrogen-bond acceptors (Lipinski definition) is 4. The molecular formula is C25H30N4OS. The molecule has 1 aliphatic rings. The minimum atomic E-state index is -0.177. The van der Waals surface area contributed by atoms with E-state index in [1.807, 2.05) is 36.9 Å². The van der Waals surface area contributed by atoms with Crippen molar-refractivity contribution in [2.75, 3.05) is 13.1 Å². The highest BCUT2D eigenvalue weighted by molar-refractivity contribution is 8.00. The first kappa shape index (κ1) is 21.6. The Labute approximate surface area is 188 Å². The Hall–Kier alpha value is -2.60. The Morgan fingerprint density at radius 3 is 2.26 bits per heavy atom. The molecule has 5 nitrogen and oxygen atoms in total. The van der Waals surface area contributed by atoms with E-state index in [0.717, 1.165) is 43.3 Å². The fraction of sp³-hybridized carbons (Fsp3) is 0.400. The van der Waals surface area contributed by atoms with E-state index in [0.29, 0.717) is 12.5 Å². The van der Waals surface area contributed by atoms with Crippen LogP contribution in [0.25, 0.3) is 0 Å². The van der Waals surface area contributed by atoms with Gasteiger partial charge in [-0.1, -0.05) is 72.4 Å². The van der Waals surface area contributed by atoms with Gasteiger partial charge in [-0.3, -0.25) is 4.79 Å². The van der Waals surface area contributed by atoms with Gasteiger partial charge in [0.05, 0.1) is 11.8 Å². The summed E-state index contributed by atoms with van der Waals surface area (Å²) in [6.07, 6.45) is 3.25. The second kappa shape index (κ2) is 10.1. The third-order valence-electron chi connectivity index (χ3n) is 6.01. The zero-order valence-electron chi connectivity index (χ0n) is 18.3. The summed E-state index contributed by atoms with van der Waals surface area (Å²) in [6, 6.07) is 21.0. The van der Waals surface area contributed by atoms with Crippen molar-refractivity contribution in [3.63, 3.8) is 0 Å². The third-order valence-corrected chi connectivity index (χ3v) is 7.08. The zero-order valence-corrected chi connectivity index (χ0v) is 19.1. The minimum absolute atomic E-state index is 0.177. The number of likely N-dealkylation sites (tertiary alicyclic amines) is 1. The van der Waals surface area contributed by atoms with Crippen LogP contribution in [0.5, 0.6) is 0 Å². The van der Waals surface area contributed by atoms with Gasteiger partial charge >= 0.3 is 0 Å². The summed E-state index contributed by atoms with van der Waals surface area (Å²) < 4.78 is 2.09. The summed E-state index contributed by atoms with van der Waals surface area (Å²) in [7, 11) is 0. The highest BCUT2D eigenvalue weighted by Crippen LogP contribution is 2.27. The number of carbonyl (C=O) groups is 1. The lowest BCUT2D eigenvalue weighted by Crippen LogP contribution is -2.42. The largest absolute Gasteiger partial charge is 0.342 e. The van der Waals surface area contributed by atoms with E-state index < -0.39 is 0 Å². The second-order valence-electron chi connectivity index (χ2n) is 8.32. The van der Waals surface area contributed by atoms with E-state index in [-0.39, 0.29) is 11.2 Å². The van der Waals surface area contributed by atoms with Crippen molar-refractivity contribution in [2.45, 2.75) is 50.1 Å². The molecule has 162 valence electrons. The molecule has 1 atom stereocenters. The van der Waals surface area contributed by atoms with E-state index >= 15 is 0 Å². The lowest BCUT2D eigenvalue weighted by molar-refractivity contribution is -0.131. The van der Waals surface area contributed by atoms with Gasteiger partial charge in [-0.25, -0.2) is 0 Å². The van der Waals surface area contributed by atoms with Gasteiger partial charge in [0.2, 0.25) is 5.91 Å². The first-order valence-corrected chi connectivity index (χ1v) is 11.9. The van der Waals surface area contributed by atoms with Gasteiger partial charge in [0.1, 0.15) is 5.82 Å². The molecule has 0 saturated carbocycles. The Morgan fingerprint density at radius 2 is 1.61 bits per heavy atom. The summed E-state index contributed by atoms with van der Waals surface area (Å²) in [4.78, 5) is 15.1. The Morgan fingerprint density at radius 1 is 1.00 bits per heavy atom. The van der Waals surface area contributed by atoms with Crippen LogP contribution in [0.4, 0.5) is 0 Å². The van der Waals surface area contributed by atoms with Crippen molar-refractivity contribution < 1.29 is 4.79 Å². The fourth-order valence-electron chi connectivity index (χ4n) is 4.17. The minimum Gasteiger partial charge on any atom is -0.342 e. The van der Waals surface area contributed by atoms with E-state index in [9.17, 15) is 4.79 Å². The molecule has 1 saturated heterocycles. The van der Waals surface area contributed by atoms with E-state index in [4.69, 9.17) is 0 Å². The smallest absolute Gasteiger partial charge is 0.235 e. The number of piperidine rings is 1. The Bertz CT molecular complexity index is 981. The topological polar surface area (TPSA) is 51.0 Å². The number of carbonyl (C=O) groups excluding carboxylic acids is 1. The molecule has 6 heteroatoms. The van der Waals surface area contributed by atoms with Crippen LogP contribution in [-0.4, -0.2) is 43.9 Å². The fourth-order valence-corrected chi connectivity index (χ4v) is 5.15. The number of aryl methyl sites for hydroxylation is 1. The lowest BCUT2D eigenvalue weighted by atomic mass is 9.90. The van der Waals surface area contributed by atoms with Crippen LogP contribution in [0.15, 0.2) is 65.8 Å². The highest BCUT2D eigenvalue weighted by Gasteiger charge is 2.28.